The third-order valence-corrected chi connectivity index (χ3v) is 8.84. The molecule has 1 amide bonds. The van der Waals surface area contributed by atoms with Crippen LogP contribution in [0, 0.1) is 11.8 Å². The van der Waals surface area contributed by atoms with Gasteiger partial charge in [-0.2, -0.15) is 0 Å². The summed E-state index contributed by atoms with van der Waals surface area (Å²) in [5, 5.41) is 3.40. The van der Waals surface area contributed by atoms with E-state index in [0.29, 0.717) is 11.9 Å². The van der Waals surface area contributed by atoms with Crippen molar-refractivity contribution in [2.45, 2.75) is 153 Å². The molecule has 0 spiro atoms. The highest BCUT2D eigenvalue weighted by Crippen LogP contribution is 2.38. The van der Waals surface area contributed by atoms with Crippen LogP contribution < -0.4 is 5.32 Å². The maximum absolute atomic E-state index is 12.7. The lowest BCUT2D eigenvalue weighted by atomic mass is 9.59. The predicted molar refractivity (Wildman–Crippen MR) is 137 cm³/mol. The van der Waals surface area contributed by atoms with E-state index in [1.807, 2.05) is 0 Å². The van der Waals surface area contributed by atoms with Gasteiger partial charge in [0, 0.05) is 6.04 Å². The highest BCUT2D eigenvalue weighted by Gasteiger charge is 2.29. The summed E-state index contributed by atoms with van der Waals surface area (Å²) in [6.45, 7) is 2.26. The zero-order valence-electron chi connectivity index (χ0n) is 20.6. The van der Waals surface area contributed by atoms with Gasteiger partial charge in [0.15, 0.2) is 5.81 Å². The Kier molecular flexibility index (Phi) is 12.0. The lowest BCUT2D eigenvalue weighted by molar-refractivity contribution is 0.195. The van der Waals surface area contributed by atoms with E-state index in [1.54, 1.807) is 0 Å². The van der Waals surface area contributed by atoms with Crippen LogP contribution in [0.25, 0.3) is 0 Å². The molecule has 4 heteroatoms. The Morgan fingerprint density at radius 3 is 1.74 bits per heavy atom. The van der Waals surface area contributed by atoms with E-state index < -0.39 is 0 Å². The third kappa shape index (κ3) is 9.55. The maximum Gasteiger partial charge on any atom is 0.236 e. The fourth-order valence-corrected chi connectivity index (χ4v) is 6.75. The molecule has 0 saturated heterocycles. The molecule has 174 valence electrons. The van der Waals surface area contributed by atoms with E-state index in [2.05, 4.69) is 26.7 Å². The summed E-state index contributed by atoms with van der Waals surface area (Å²) in [5.74, 6) is 3.47. The molecule has 3 aliphatic carbocycles. The number of nitrogens with one attached hydrogen (secondary N) is 1. The lowest BCUT2D eigenvalue weighted by Gasteiger charge is -2.34. The van der Waals surface area contributed by atoms with Crippen LogP contribution in [0.4, 0.5) is 4.79 Å². The van der Waals surface area contributed by atoms with E-state index in [9.17, 15) is 4.79 Å². The number of carbonyl (C=O) groups is 1. The van der Waals surface area contributed by atoms with Crippen LogP contribution in [-0.2, 0) is 0 Å². The SMILES string of the molecule is C[B]C1CCCCC(C2CCC(NC(=O)[B]C3CCCCCCCCC3)CC2)CCC1. The van der Waals surface area contributed by atoms with Crippen LogP contribution >= 0.6 is 0 Å². The largest absolute Gasteiger partial charge is 0.363 e. The smallest absolute Gasteiger partial charge is 0.236 e. The summed E-state index contributed by atoms with van der Waals surface area (Å²) in [7, 11) is 4.51. The Hall–Kier alpha value is -0.400. The highest BCUT2D eigenvalue weighted by atomic mass is 16.1. The summed E-state index contributed by atoms with van der Waals surface area (Å²) in [5.41, 5.74) is 0. The molecule has 2 unspecified atom stereocenters. The second kappa shape index (κ2) is 14.7. The quantitative estimate of drug-likeness (QED) is 0.442. The van der Waals surface area contributed by atoms with Gasteiger partial charge in [-0.25, -0.2) is 0 Å². The van der Waals surface area contributed by atoms with Gasteiger partial charge in [-0.15, -0.1) is 0 Å². The maximum atomic E-state index is 12.7. The van der Waals surface area contributed by atoms with Crippen molar-refractivity contribution < 1.29 is 4.79 Å². The van der Waals surface area contributed by atoms with E-state index in [1.165, 1.54) is 128 Å². The molecule has 3 aliphatic rings. The average Bonchev–Trinajstić information content (AvgIpc) is 2.90. The zero-order chi connectivity index (χ0) is 21.7. The lowest BCUT2D eigenvalue weighted by Crippen LogP contribution is -2.41. The van der Waals surface area contributed by atoms with Crippen LogP contribution in [0.1, 0.15) is 128 Å². The molecular weight excluding hydrogens is 376 g/mol. The first-order valence-electron chi connectivity index (χ1n) is 14.2. The van der Waals surface area contributed by atoms with Gasteiger partial charge in [-0.05, 0) is 37.5 Å². The summed E-state index contributed by atoms with van der Waals surface area (Å²) < 4.78 is 0. The Bertz CT molecular complexity index is 482. The molecule has 1 N–H and O–H groups in total. The topological polar surface area (TPSA) is 29.1 Å². The molecule has 2 radical (unpaired) electrons. The molecular formula is C27H49B2NO. The first kappa shape index (κ1) is 25.2. The number of hydrogen-bond acceptors (Lipinski definition) is 1. The predicted octanol–water partition coefficient (Wildman–Crippen LogP) is 8.17. The van der Waals surface area contributed by atoms with E-state index in [0.717, 1.165) is 17.7 Å². The Morgan fingerprint density at radius 2 is 1.06 bits per heavy atom. The van der Waals surface area contributed by atoms with E-state index in [-0.39, 0.29) is 5.81 Å². The van der Waals surface area contributed by atoms with Gasteiger partial charge >= 0.3 is 0 Å². The minimum Gasteiger partial charge on any atom is -0.363 e. The van der Waals surface area contributed by atoms with Crippen molar-refractivity contribution in [2.75, 3.05) is 0 Å². The molecule has 0 heterocycles. The minimum absolute atomic E-state index is 0.231. The Labute approximate surface area is 195 Å². The fraction of sp³-hybridized carbons (Fsp3) is 0.963. The summed E-state index contributed by atoms with van der Waals surface area (Å²) in [6.07, 6.45) is 27.0. The van der Waals surface area contributed by atoms with Crippen molar-refractivity contribution >= 4 is 20.4 Å². The molecule has 0 bridgehead atoms. The molecule has 0 aromatic heterocycles. The molecule has 0 aromatic rings. The normalized spacial score (nSPS) is 32.7. The first-order chi connectivity index (χ1) is 15.2. The van der Waals surface area contributed by atoms with Gasteiger partial charge in [-0.3, -0.25) is 4.79 Å². The number of carbonyl (C=O) groups excluding carboxylic acids is 1. The Morgan fingerprint density at radius 1 is 0.581 bits per heavy atom. The molecule has 31 heavy (non-hydrogen) atoms. The molecule has 2 atom stereocenters. The number of amides is 1. The highest BCUT2D eigenvalue weighted by molar-refractivity contribution is 6.74. The van der Waals surface area contributed by atoms with Crippen molar-refractivity contribution in [2.24, 2.45) is 11.8 Å². The van der Waals surface area contributed by atoms with Crippen molar-refractivity contribution in [1.29, 1.82) is 0 Å². The Balaban J connectivity index is 1.36. The van der Waals surface area contributed by atoms with E-state index in [4.69, 9.17) is 0 Å². The summed E-state index contributed by atoms with van der Waals surface area (Å²) >= 11 is 0. The van der Waals surface area contributed by atoms with Crippen LogP contribution in [-0.4, -0.2) is 26.4 Å². The second-order valence-electron chi connectivity index (χ2n) is 11.2. The van der Waals surface area contributed by atoms with Gasteiger partial charge < -0.3 is 5.32 Å². The van der Waals surface area contributed by atoms with Crippen LogP contribution in [0.15, 0.2) is 0 Å². The first-order valence-corrected chi connectivity index (χ1v) is 14.2. The second-order valence-corrected chi connectivity index (χ2v) is 11.2. The van der Waals surface area contributed by atoms with Crippen molar-refractivity contribution in [3.8, 4) is 0 Å². The molecule has 0 aliphatic heterocycles. The minimum atomic E-state index is 0.231. The monoisotopic (exact) mass is 425 g/mol. The van der Waals surface area contributed by atoms with Gasteiger partial charge in [0.05, 0.1) is 0 Å². The summed E-state index contributed by atoms with van der Waals surface area (Å²) in [6, 6.07) is 0.426. The fourth-order valence-electron chi connectivity index (χ4n) is 6.75. The molecule has 2 nitrogen and oxygen atoms in total. The van der Waals surface area contributed by atoms with Crippen molar-refractivity contribution in [3.63, 3.8) is 0 Å². The number of hydrogen-bond donors (Lipinski definition) is 1. The van der Waals surface area contributed by atoms with Crippen LogP contribution in [0.3, 0.4) is 0 Å². The third-order valence-electron chi connectivity index (χ3n) is 8.84. The van der Waals surface area contributed by atoms with Crippen LogP contribution in [0.5, 0.6) is 0 Å². The van der Waals surface area contributed by atoms with Gasteiger partial charge in [0.1, 0.15) is 7.28 Å². The number of rotatable bonds is 5. The van der Waals surface area contributed by atoms with Crippen LogP contribution in [0.2, 0.25) is 18.5 Å². The molecule has 3 rings (SSSR count). The van der Waals surface area contributed by atoms with Crippen molar-refractivity contribution in [1.82, 2.24) is 5.32 Å². The zero-order valence-corrected chi connectivity index (χ0v) is 20.6. The molecule has 3 fully saturated rings. The molecule has 3 saturated carbocycles. The summed E-state index contributed by atoms with van der Waals surface area (Å²) in [4.78, 5) is 12.7. The van der Waals surface area contributed by atoms with Gasteiger partial charge in [-0.1, -0.05) is 121 Å². The average molecular weight is 425 g/mol. The standard InChI is InChI=1S/C27H49B2NO/c1-28-24-14-10-9-12-22(13-11-17-24)23-18-20-26(21-19-23)30-27(31)29-25-15-7-5-3-2-4-6-8-16-25/h22-26H,2-21H2,1H3,(H,30,31). The van der Waals surface area contributed by atoms with Gasteiger partial charge in [0.2, 0.25) is 7.28 Å². The molecule has 0 aromatic carbocycles. The van der Waals surface area contributed by atoms with Gasteiger partial charge in [0.25, 0.3) is 0 Å². The van der Waals surface area contributed by atoms with E-state index >= 15 is 0 Å². The van der Waals surface area contributed by atoms with Crippen molar-refractivity contribution in [3.05, 3.63) is 0 Å².